The topological polar surface area (TPSA) is 67.8 Å². The molecular formula is C23H32N4O4. The van der Waals surface area contributed by atoms with E-state index in [2.05, 4.69) is 32.2 Å². The zero-order chi connectivity index (χ0) is 22.2. The molecule has 2 aromatic carbocycles. The van der Waals surface area contributed by atoms with Crippen LogP contribution in [0.1, 0.15) is 5.56 Å². The second-order valence-electron chi connectivity index (χ2n) is 7.11. The predicted molar refractivity (Wildman–Crippen MR) is 123 cm³/mol. The first-order valence-electron chi connectivity index (χ1n) is 10.3. The number of hydrogen-bond donors (Lipinski definition) is 1. The smallest absolute Gasteiger partial charge is 0.203 e. The van der Waals surface area contributed by atoms with Gasteiger partial charge in [0.05, 0.1) is 28.4 Å². The Balaban J connectivity index is 1.60. The molecule has 0 unspecified atom stereocenters. The summed E-state index contributed by atoms with van der Waals surface area (Å²) >= 11 is 0. The third-order valence-electron chi connectivity index (χ3n) is 5.40. The highest BCUT2D eigenvalue weighted by atomic mass is 16.5. The van der Waals surface area contributed by atoms with Gasteiger partial charge in [-0.2, -0.15) is 0 Å². The van der Waals surface area contributed by atoms with E-state index < -0.39 is 0 Å². The van der Waals surface area contributed by atoms with Crippen molar-refractivity contribution in [1.29, 1.82) is 0 Å². The fourth-order valence-electron chi connectivity index (χ4n) is 3.72. The van der Waals surface area contributed by atoms with Crippen LogP contribution in [0.2, 0.25) is 0 Å². The van der Waals surface area contributed by atoms with Gasteiger partial charge in [-0.25, -0.2) is 0 Å². The normalized spacial score (nSPS) is 14.3. The van der Waals surface area contributed by atoms with Crippen molar-refractivity contribution in [3.63, 3.8) is 0 Å². The Bertz CT molecular complexity index is 853. The van der Waals surface area contributed by atoms with E-state index in [0.717, 1.165) is 43.5 Å². The molecule has 1 aliphatic rings. The van der Waals surface area contributed by atoms with Crippen molar-refractivity contribution < 1.29 is 18.9 Å². The van der Waals surface area contributed by atoms with Gasteiger partial charge in [0.2, 0.25) is 5.75 Å². The zero-order valence-corrected chi connectivity index (χ0v) is 19.0. The van der Waals surface area contributed by atoms with Crippen LogP contribution in [0.4, 0.5) is 5.69 Å². The maximum atomic E-state index is 5.45. The van der Waals surface area contributed by atoms with Crippen LogP contribution in [0.15, 0.2) is 41.4 Å². The van der Waals surface area contributed by atoms with Crippen LogP contribution in [0.3, 0.4) is 0 Å². The lowest BCUT2D eigenvalue weighted by Gasteiger charge is -2.37. The zero-order valence-electron chi connectivity index (χ0n) is 19.0. The Morgan fingerprint density at radius 2 is 1.48 bits per heavy atom. The Labute approximate surface area is 184 Å². The van der Waals surface area contributed by atoms with Crippen molar-refractivity contribution in [2.24, 2.45) is 4.99 Å². The summed E-state index contributed by atoms with van der Waals surface area (Å²) in [5.74, 6) is 3.62. The number of aliphatic imine (C=N–C) groups is 1. The van der Waals surface area contributed by atoms with Gasteiger partial charge in [0.25, 0.3) is 0 Å². The average Bonchev–Trinajstić information content (AvgIpc) is 2.84. The minimum absolute atomic E-state index is 0.591. The highest BCUT2D eigenvalue weighted by molar-refractivity contribution is 5.80. The van der Waals surface area contributed by atoms with Gasteiger partial charge in [0.15, 0.2) is 17.5 Å². The highest BCUT2D eigenvalue weighted by Crippen LogP contribution is 2.38. The number of nitrogens with one attached hydrogen (secondary N) is 1. The lowest BCUT2D eigenvalue weighted by Crippen LogP contribution is -2.52. The molecule has 0 aromatic heterocycles. The summed E-state index contributed by atoms with van der Waals surface area (Å²) in [5, 5.41) is 3.45. The second kappa shape index (κ2) is 10.7. The number of anilines is 1. The molecule has 0 bridgehead atoms. The molecule has 31 heavy (non-hydrogen) atoms. The number of ether oxygens (including phenoxy) is 4. The van der Waals surface area contributed by atoms with E-state index in [1.165, 1.54) is 5.69 Å². The SMILES string of the molecule is CN=C(NCc1cc(OC)c(OC)c(OC)c1)N1CCN(c2ccc(OC)cc2)CC1. The Hall–Kier alpha value is -3.29. The van der Waals surface area contributed by atoms with Gasteiger partial charge < -0.3 is 34.1 Å². The van der Waals surface area contributed by atoms with Crippen LogP contribution in [0.25, 0.3) is 0 Å². The molecule has 2 aromatic rings. The summed E-state index contributed by atoms with van der Waals surface area (Å²) in [6.45, 7) is 4.23. The third-order valence-corrected chi connectivity index (χ3v) is 5.40. The molecule has 1 N–H and O–H groups in total. The summed E-state index contributed by atoms with van der Waals surface area (Å²) in [6, 6.07) is 12.1. The van der Waals surface area contributed by atoms with Crippen molar-refractivity contribution in [1.82, 2.24) is 10.2 Å². The molecule has 168 valence electrons. The van der Waals surface area contributed by atoms with Gasteiger partial charge in [0, 0.05) is 45.5 Å². The van der Waals surface area contributed by atoms with E-state index in [1.807, 2.05) is 31.3 Å². The summed E-state index contributed by atoms with van der Waals surface area (Å²) in [4.78, 5) is 9.13. The number of piperazine rings is 1. The monoisotopic (exact) mass is 428 g/mol. The van der Waals surface area contributed by atoms with E-state index in [9.17, 15) is 0 Å². The van der Waals surface area contributed by atoms with Crippen molar-refractivity contribution in [2.45, 2.75) is 6.54 Å². The quantitative estimate of drug-likeness (QED) is 0.537. The molecule has 1 aliphatic heterocycles. The number of benzene rings is 2. The molecule has 0 atom stereocenters. The number of nitrogens with zero attached hydrogens (tertiary/aromatic N) is 3. The van der Waals surface area contributed by atoms with E-state index in [4.69, 9.17) is 18.9 Å². The molecule has 0 spiro atoms. The minimum atomic E-state index is 0.591. The molecule has 1 fully saturated rings. The van der Waals surface area contributed by atoms with Crippen molar-refractivity contribution in [2.75, 3.05) is 66.6 Å². The molecule has 0 amide bonds. The van der Waals surface area contributed by atoms with Gasteiger partial charge in [-0.1, -0.05) is 0 Å². The third kappa shape index (κ3) is 5.25. The van der Waals surface area contributed by atoms with Crippen LogP contribution >= 0.6 is 0 Å². The van der Waals surface area contributed by atoms with Crippen LogP contribution in [-0.4, -0.2) is 72.5 Å². The lowest BCUT2D eigenvalue weighted by atomic mass is 10.1. The molecular weight excluding hydrogens is 396 g/mol. The van der Waals surface area contributed by atoms with E-state index >= 15 is 0 Å². The first-order valence-corrected chi connectivity index (χ1v) is 10.3. The van der Waals surface area contributed by atoms with Crippen LogP contribution in [0, 0.1) is 0 Å². The first kappa shape index (κ1) is 22.4. The molecule has 0 aliphatic carbocycles. The van der Waals surface area contributed by atoms with Crippen LogP contribution in [-0.2, 0) is 6.54 Å². The molecule has 8 nitrogen and oxygen atoms in total. The summed E-state index contributed by atoms with van der Waals surface area (Å²) in [5.41, 5.74) is 2.23. The first-order chi connectivity index (χ1) is 15.1. The maximum Gasteiger partial charge on any atom is 0.203 e. The maximum absolute atomic E-state index is 5.45. The van der Waals surface area contributed by atoms with Crippen LogP contribution in [0.5, 0.6) is 23.0 Å². The Kier molecular flexibility index (Phi) is 7.70. The Morgan fingerprint density at radius 1 is 0.871 bits per heavy atom. The van der Waals surface area contributed by atoms with Gasteiger partial charge in [-0.3, -0.25) is 4.99 Å². The van der Waals surface area contributed by atoms with Gasteiger partial charge in [-0.15, -0.1) is 0 Å². The van der Waals surface area contributed by atoms with E-state index in [1.54, 1.807) is 28.4 Å². The molecule has 8 heteroatoms. The molecule has 0 radical (unpaired) electrons. The fraction of sp³-hybridized carbons (Fsp3) is 0.435. The molecule has 1 saturated heterocycles. The molecule has 1 heterocycles. The number of hydrogen-bond acceptors (Lipinski definition) is 6. The standard InChI is InChI=1S/C23H32N4O4/c1-24-23(25-16-17-14-20(29-3)22(31-5)21(15-17)30-4)27-12-10-26(11-13-27)18-6-8-19(28-2)9-7-18/h6-9,14-15H,10-13,16H2,1-5H3,(H,24,25). The van der Waals surface area contributed by atoms with E-state index in [0.29, 0.717) is 23.8 Å². The fourth-order valence-corrected chi connectivity index (χ4v) is 3.72. The Morgan fingerprint density at radius 3 is 1.97 bits per heavy atom. The van der Waals surface area contributed by atoms with Gasteiger partial charge >= 0.3 is 0 Å². The lowest BCUT2D eigenvalue weighted by molar-refractivity contribution is 0.323. The summed E-state index contributed by atoms with van der Waals surface area (Å²) < 4.78 is 21.6. The van der Waals surface area contributed by atoms with Crippen molar-refractivity contribution in [3.05, 3.63) is 42.0 Å². The van der Waals surface area contributed by atoms with E-state index in [-0.39, 0.29) is 0 Å². The second-order valence-corrected chi connectivity index (χ2v) is 7.11. The number of rotatable bonds is 7. The number of methoxy groups -OCH3 is 4. The average molecular weight is 429 g/mol. The van der Waals surface area contributed by atoms with Crippen molar-refractivity contribution in [3.8, 4) is 23.0 Å². The molecule has 3 rings (SSSR count). The summed E-state index contributed by atoms with van der Waals surface area (Å²) in [7, 11) is 8.34. The minimum Gasteiger partial charge on any atom is -0.497 e. The highest BCUT2D eigenvalue weighted by Gasteiger charge is 2.20. The predicted octanol–water partition coefficient (Wildman–Crippen LogP) is 2.62. The van der Waals surface area contributed by atoms with Gasteiger partial charge in [-0.05, 0) is 42.0 Å². The molecule has 0 saturated carbocycles. The summed E-state index contributed by atoms with van der Waals surface area (Å²) in [6.07, 6.45) is 0. The van der Waals surface area contributed by atoms with Gasteiger partial charge in [0.1, 0.15) is 5.75 Å². The van der Waals surface area contributed by atoms with Crippen molar-refractivity contribution >= 4 is 11.6 Å². The van der Waals surface area contributed by atoms with Crippen LogP contribution < -0.4 is 29.2 Å². The number of guanidine groups is 1. The largest absolute Gasteiger partial charge is 0.497 e.